The molecular weight excluding hydrogens is 446 g/mol. The topological polar surface area (TPSA) is 60.9 Å². The van der Waals surface area contributed by atoms with Crippen molar-refractivity contribution in [2.24, 2.45) is 0 Å². The molecule has 8 heteroatoms. The number of piperazine rings is 1. The molecule has 1 aromatic carbocycles. The molecule has 7 nitrogen and oxygen atoms in total. The zero-order chi connectivity index (χ0) is 21.7. The number of hydrogen-bond acceptors (Lipinski definition) is 6. The van der Waals surface area contributed by atoms with Gasteiger partial charge in [-0.1, -0.05) is 22.9 Å². The summed E-state index contributed by atoms with van der Waals surface area (Å²) in [5.74, 6) is 0.824. The number of carbonyl (C=O) groups is 1. The van der Waals surface area contributed by atoms with Crippen molar-refractivity contribution in [2.45, 2.75) is 13.3 Å². The summed E-state index contributed by atoms with van der Waals surface area (Å²) < 4.78 is 6.57. The van der Waals surface area contributed by atoms with E-state index in [4.69, 9.17) is 4.74 Å². The maximum Gasteiger partial charge on any atom is 0.257 e. The van der Waals surface area contributed by atoms with Gasteiger partial charge < -0.3 is 24.8 Å². The maximum atomic E-state index is 12.7. The second kappa shape index (κ2) is 10.0. The predicted octanol–water partition coefficient (Wildman–Crippen LogP) is 3.70. The fourth-order valence-corrected chi connectivity index (χ4v) is 3.97. The zero-order valence-electron chi connectivity index (χ0n) is 18.1. The van der Waals surface area contributed by atoms with Gasteiger partial charge in [0.1, 0.15) is 5.75 Å². The first kappa shape index (κ1) is 22.2. The molecule has 1 aliphatic rings. The van der Waals surface area contributed by atoms with Crippen LogP contribution in [0.4, 0.5) is 17.1 Å². The third-order valence-electron chi connectivity index (χ3n) is 5.22. The molecule has 1 saturated heterocycles. The van der Waals surface area contributed by atoms with Crippen LogP contribution in [0.2, 0.25) is 0 Å². The van der Waals surface area contributed by atoms with Gasteiger partial charge in [-0.05, 0) is 24.6 Å². The molecule has 2 heterocycles. The predicted molar refractivity (Wildman–Crippen MR) is 126 cm³/mol. The van der Waals surface area contributed by atoms with Gasteiger partial charge in [-0.15, -0.1) is 0 Å². The third-order valence-corrected chi connectivity index (χ3v) is 5.71. The molecule has 0 atom stereocenters. The quantitative estimate of drug-likeness (QED) is 0.658. The zero-order valence-corrected chi connectivity index (χ0v) is 19.7. The Hall–Kier alpha value is -2.48. The van der Waals surface area contributed by atoms with E-state index in [1.54, 1.807) is 32.3 Å². The number of nitrogens with zero attached hydrogens (tertiary/aromatic N) is 4. The van der Waals surface area contributed by atoms with Crippen molar-refractivity contribution in [3.63, 3.8) is 0 Å². The molecule has 0 aliphatic carbocycles. The van der Waals surface area contributed by atoms with Crippen LogP contribution in [0.1, 0.15) is 23.7 Å². The van der Waals surface area contributed by atoms with Crippen molar-refractivity contribution in [1.29, 1.82) is 0 Å². The summed E-state index contributed by atoms with van der Waals surface area (Å²) in [4.78, 5) is 23.3. The fraction of sp³-hybridized carbons (Fsp3) is 0.455. The second-order valence-corrected chi connectivity index (χ2v) is 8.41. The molecule has 0 saturated carbocycles. The number of rotatable bonds is 7. The lowest BCUT2D eigenvalue weighted by molar-refractivity contribution is 0.0828. The van der Waals surface area contributed by atoms with Crippen molar-refractivity contribution in [1.82, 2.24) is 9.88 Å². The van der Waals surface area contributed by atoms with E-state index in [0.29, 0.717) is 5.56 Å². The van der Waals surface area contributed by atoms with Crippen LogP contribution in [-0.4, -0.2) is 69.7 Å². The number of pyridine rings is 1. The summed E-state index contributed by atoms with van der Waals surface area (Å²) in [7, 11) is 5.23. The van der Waals surface area contributed by atoms with E-state index < -0.39 is 0 Å². The van der Waals surface area contributed by atoms with E-state index in [0.717, 1.165) is 66.4 Å². The number of nitrogens with one attached hydrogen (secondary N) is 1. The summed E-state index contributed by atoms with van der Waals surface area (Å²) in [6.07, 6.45) is 4.50. The summed E-state index contributed by atoms with van der Waals surface area (Å²) in [6, 6.07) is 6.12. The van der Waals surface area contributed by atoms with Gasteiger partial charge in [-0.3, -0.25) is 9.78 Å². The van der Waals surface area contributed by atoms with E-state index in [1.165, 1.54) is 0 Å². The van der Waals surface area contributed by atoms with Crippen LogP contribution in [0.3, 0.4) is 0 Å². The number of amides is 1. The monoisotopic (exact) mass is 475 g/mol. The Morgan fingerprint density at radius 1 is 1.17 bits per heavy atom. The first-order chi connectivity index (χ1) is 14.5. The van der Waals surface area contributed by atoms with Gasteiger partial charge in [0.05, 0.1) is 35.9 Å². The van der Waals surface area contributed by atoms with Crippen LogP contribution in [0, 0.1) is 0 Å². The average molecular weight is 476 g/mol. The van der Waals surface area contributed by atoms with Gasteiger partial charge in [-0.2, -0.15) is 0 Å². The number of carbonyl (C=O) groups excluding carboxylic acids is 1. The first-order valence-electron chi connectivity index (χ1n) is 10.2. The minimum atomic E-state index is -0.0406. The molecule has 0 radical (unpaired) electrons. The van der Waals surface area contributed by atoms with E-state index in [1.807, 2.05) is 18.3 Å². The molecule has 1 fully saturated rings. The Kier molecular flexibility index (Phi) is 7.42. The molecule has 3 rings (SSSR count). The van der Waals surface area contributed by atoms with Crippen LogP contribution in [0.25, 0.3) is 0 Å². The van der Waals surface area contributed by atoms with Crippen molar-refractivity contribution in [2.75, 3.05) is 69.0 Å². The molecular formula is C22H30BrN5O2. The van der Waals surface area contributed by atoms with E-state index in [2.05, 4.69) is 49.0 Å². The van der Waals surface area contributed by atoms with E-state index >= 15 is 0 Å². The number of hydrogen-bond donors (Lipinski definition) is 1. The van der Waals surface area contributed by atoms with Gasteiger partial charge in [0.15, 0.2) is 0 Å². The highest BCUT2D eigenvalue weighted by Crippen LogP contribution is 2.34. The highest BCUT2D eigenvalue weighted by Gasteiger charge is 2.25. The number of aromatic nitrogens is 1. The second-order valence-electron chi connectivity index (χ2n) is 7.50. The first-order valence-corrected chi connectivity index (χ1v) is 11.0. The Labute approximate surface area is 187 Å². The molecule has 0 unspecified atom stereocenters. The molecule has 2 aromatic rings. The number of ether oxygens (including phenoxy) is 1. The summed E-state index contributed by atoms with van der Waals surface area (Å²) in [6.45, 7) is 6.31. The van der Waals surface area contributed by atoms with E-state index in [-0.39, 0.29) is 5.91 Å². The molecule has 0 bridgehead atoms. The minimum absolute atomic E-state index is 0.0406. The van der Waals surface area contributed by atoms with Gasteiger partial charge in [0.25, 0.3) is 5.91 Å². The van der Waals surface area contributed by atoms with Gasteiger partial charge in [0, 0.05) is 57.5 Å². The van der Waals surface area contributed by atoms with Crippen molar-refractivity contribution in [3.05, 3.63) is 40.6 Å². The molecule has 1 N–H and O–H groups in total. The number of anilines is 3. The summed E-state index contributed by atoms with van der Waals surface area (Å²) >= 11 is 3.51. The number of benzene rings is 1. The average Bonchev–Trinajstić information content (AvgIpc) is 2.77. The van der Waals surface area contributed by atoms with Crippen molar-refractivity contribution in [3.8, 4) is 5.75 Å². The standard InChI is InChI=1S/C22H30BrN5O2/c1-5-8-25-21-17(22(29)26(2)3)14-24-15-19(21)28-11-9-27(10-12-28)18-7-6-16(23)13-20(18)30-4/h6-7,13-15H,5,8-12H2,1-4H3,(H,24,25). The molecule has 0 spiro atoms. The van der Waals surface area contributed by atoms with Crippen LogP contribution in [0.5, 0.6) is 5.75 Å². The van der Waals surface area contributed by atoms with Crippen LogP contribution in [-0.2, 0) is 0 Å². The Balaban J connectivity index is 1.83. The minimum Gasteiger partial charge on any atom is -0.495 e. The number of methoxy groups -OCH3 is 1. The fourth-order valence-electron chi connectivity index (χ4n) is 3.63. The van der Waals surface area contributed by atoms with Gasteiger partial charge in [-0.25, -0.2) is 0 Å². The van der Waals surface area contributed by atoms with Crippen molar-refractivity contribution < 1.29 is 9.53 Å². The largest absolute Gasteiger partial charge is 0.495 e. The highest BCUT2D eigenvalue weighted by atomic mass is 79.9. The van der Waals surface area contributed by atoms with Gasteiger partial charge >= 0.3 is 0 Å². The molecule has 162 valence electrons. The molecule has 30 heavy (non-hydrogen) atoms. The molecule has 1 aromatic heterocycles. The molecule has 1 amide bonds. The Morgan fingerprint density at radius 2 is 1.83 bits per heavy atom. The van der Waals surface area contributed by atoms with Crippen LogP contribution < -0.4 is 19.9 Å². The van der Waals surface area contributed by atoms with Gasteiger partial charge in [0.2, 0.25) is 0 Å². The lowest BCUT2D eigenvalue weighted by atomic mass is 10.1. The van der Waals surface area contributed by atoms with Crippen LogP contribution >= 0.6 is 15.9 Å². The Morgan fingerprint density at radius 3 is 2.43 bits per heavy atom. The SMILES string of the molecule is CCCNc1c(C(=O)N(C)C)cncc1N1CCN(c2ccc(Br)cc2OC)CC1. The lowest BCUT2D eigenvalue weighted by Crippen LogP contribution is -2.47. The Bertz CT molecular complexity index is 882. The van der Waals surface area contributed by atoms with E-state index in [9.17, 15) is 4.79 Å². The van der Waals surface area contributed by atoms with Crippen molar-refractivity contribution >= 4 is 38.9 Å². The molecule has 1 aliphatic heterocycles. The maximum absolute atomic E-state index is 12.7. The number of halogens is 1. The normalized spacial score (nSPS) is 13.9. The smallest absolute Gasteiger partial charge is 0.257 e. The van der Waals surface area contributed by atoms with Crippen LogP contribution in [0.15, 0.2) is 35.1 Å². The summed E-state index contributed by atoms with van der Waals surface area (Å²) in [5.41, 5.74) is 3.57. The third kappa shape index (κ3) is 4.80. The summed E-state index contributed by atoms with van der Waals surface area (Å²) in [5, 5.41) is 3.46. The lowest BCUT2D eigenvalue weighted by Gasteiger charge is -2.38. The highest BCUT2D eigenvalue weighted by molar-refractivity contribution is 9.10.